The Morgan fingerprint density at radius 2 is 1.84 bits per heavy atom. The van der Waals surface area contributed by atoms with Crippen LogP contribution in [0.5, 0.6) is 0 Å². The Kier molecular flexibility index (Phi) is 2.50. The van der Waals surface area contributed by atoms with Gasteiger partial charge in [0.05, 0.1) is 0 Å². The van der Waals surface area contributed by atoms with Crippen molar-refractivity contribution in [1.29, 1.82) is 0 Å². The quantitative estimate of drug-likeness (QED) is 0.910. The lowest BCUT2D eigenvalue weighted by Gasteiger charge is -2.10. The van der Waals surface area contributed by atoms with E-state index in [-0.39, 0.29) is 0 Å². The standard InChI is InChI=1S/C16H16N3/c1-6-17-16(18-7-1)19-15-9-13-5-4-12(11-2-3-11)8-14(13)10-15/h4-8,11,15H,2-3,9-10H2,(H,17,18,19). The number of rotatable bonds is 3. The maximum Gasteiger partial charge on any atom is 0.222 e. The number of hydrogen-bond donors (Lipinski definition) is 1. The van der Waals surface area contributed by atoms with Crippen molar-refractivity contribution in [3.8, 4) is 0 Å². The van der Waals surface area contributed by atoms with Crippen molar-refractivity contribution in [1.82, 2.24) is 9.97 Å². The van der Waals surface area contributed by atoms with Crippen LogP contribution in [-0.4, -0.2) is 16.0 Å². The van der Waals surface area contributed by atoms with E-state index in [1.54, 1.807) is 12.4 Å². The summed E-state index contributed by atoms with van der Waals surface area (Å²) in [5, 5.41) is 3.41. The molecule has 1 fully saturated rings. The fourth-order valence-electron chi connectivity index (χ4n) is 2.93. The highest BCUT2D eigenvalue weighted by molar-refractivity contribution is 5.42. The number of hydrogen-bond acceptors (Lipinski definition) is 3. The second-order valence-electron chi connectivity index (χ2n) is 5.56. The number of nitrogens with one attached hydrogen (secondary N) is 1. The third-order valence-corrected chi connectivity index (χ3v) is 4.07. The Morgan fingerprint density at radius 1 is 1.05 bits per heavy atom. The molecule has 0 saturated heterocycles. The van der Waals surface area contributed by atoms with Crippen LogP contribution >= 0.6 is 0 Å². The monoisotopic (exact) mass is 250 g/mol. The van der Waals surface area contributed by atoms with E-state index in [2.05, 4.69) is 39.6 Å². The fourth-order valence-corrected chi connectivity index (χ4v) is 2.93. The highest BCUT2D eigenvalue weighted by atomic mass is 15.1. The summed E-state index contributed by atoms with van der Waals surface area (Å²) in [5.74, 6) is 1.55. The van der Waals surface area contributed by atoms with Gasteiger partial charge in [-0.25, -0.2) is 9.97 Å². The van der Waals surface area contributed by atoms with Crippen LogP contribution in [0.3, 0.4) is 0 Å². The molecule has 1 radical (unpaired) electrons. The molecule has 1 N–H and O–H groups in total. The molecule has 2 aliphatic rings. The average Bonchev–Trinajstić information content (AvgIpc) is 3.20. The van der Waals surface area contributed by atoms with Crippen LogP contribution in [0.2, 0.25) is 0 Å². The first-order valence-corrected chi connectivity index (χ1v) is 6.95. The molecule has 3 heteroatoms. The van der Waals surface area contributed by atoms with E-state index in [1.165, 1.54) is 29.5 Å². The molecule has 0 spiro atoms. The van der Waals surface area contributed by atoms with Gasteiger partial charge < -0.3 is 5.32 Å². The zero-order valence-electron chi connectivity index (χ0n) is 10.8. The Balaban J connectivity index is 1.50. The summed E-state index contributed by atoms with van der Waals surface area (Å²) in [7, 11) is 0. The van der Waals surface area contributed by atoms with Crippen LogP contribution in [0.4, 0.5) is 5.95 Å². The predicted molar refractivity (Wildman–Crippen MR) is 74.1 cm³/mol. The summed E-state index contributed by atoms with van der Waals surface area (Å²) in [5.41, 5.74) is 4.51. The molecular weight excluding hydrogens is 234 g/mol. The van der Waals surface area contributed by atoms with E-state index < -0.39 is 0 Å². The maximum atomic E-state index is 4.18. The van der Waals surface area contributed by atoms with Crippen LogP contribution in [0.25, 0.3) is 0 Å². The number of nitrogens with zero attached hydrogens (tertiary/aromatic N) is 2. The fraction of sp³-hybridized carbons (Fsp3) is 0.375. The number of anilines is 1. The van der Waals surface area contributed by atoms with Crippen LogP contribution in [0, 0.1) is 6.07 Å². The first-order valence-electron chi connectivity index (χ1n) is 6.95. The normalized spacial score (nSPS) is 21.2. The van der Waals surface area contributed by atoms with Gasteiger partial charge in [-0.1, -0.05) is 18.2 Å². The molecule has 1 heterocycles. The van der Waals surface area contributed by atoms with Crippen molar-refractivity contribution in [3.05, 3.63) is 53.3 Å². The molecule has 2 aliphatic carbocycles. The van der Waals surface area contributed by atoms with Crippen molar-refractivity contribution in [2.24, 2.45) is 0 Å². The predicted octanol–water partition coefficient (Wildman–Crippen LogP) is 2.73. The summed E-state index contributed by atoms with van der Waals surface area (Å²) in [6.07, 6.45) is 8.20. The number of fused-ring (bicyclic) bond motifs is 1. The minimum absolute atomic E-state index is 0.423. The lowest BCUT2D eigenvalue weighted by molar-refractivity contribution is 0.761. The van der Waals surface area contributed by atoms with E-state index in [9.17, 15) is 0 Å². The van der Waals surface area contributed by atoms with Crippen molar-refractivity contribution in [3.63, 3.8) is 0 Å². The SMILES string of the molecule is [c]1cnc(NC2Cc3ccc(C4CC4)cc3C2)nc1. The smallest absolute Gasteiger partial charge is 0.222 e. The maximum absolute atomic E-state index is 4.18. The van der Waals surface area contributed by atoms with Gasteiger partial charge in [-0.15, -0.1) is 0 Å². The molecular formula is C16H16N3. The Hall–Kier alpha value is -1.90. The molecule has 2 aromatic rings. The van der Waals surface area contributed by atoms with Gasteiger partial charge in [-0.2, -0.15) is 0 Å². The van der Waals surface area contributed by atoms with Crippen LogP contribution in [0.15, 0.2) is 30.6 Å². The molecule has 19 heavy (non-hydrogen) atoms. The van der Waals surface area contributed by atoms with Gasteiger partial charge >= 0.3 is 0 Å². The number of benzene rings is 1. The lowest BCUT2D eigenvalue weighted by atomic mass is 10.0. The first kappa shape index (κ1) is 11.0. The van der Waals surface area contributed by atoms with E-state index in [4.69, 9.17) is 0 Å². The largest absolute Gasteiger partial charge is 0.351 e. The molecule has 4 rings (SSSR count). The van der Waals surface area contributed by atoms with E-state index >= 15 is 0 Å². The molecule has 0 bridgehead atoms. The van der Waals surface area contributed by atoms with Gasteiger partial charge in [0.25, 0.3) is 0 Å². The minimum atomic E-state index is 0.423. The topological polar surface area (TPSA) is 37.8 Å². The van der Waals surface area contributed by atoms with Crippen LogP contribution in [0.1, 0.15) is 35.4 Å². The molecule has 0 amide bonds. The highest BCUT2D eigenvalue weighted by Crippen LogP contribution is 2.41. The van der Waals surface area contributed by atoms with Gasteiger partial charge in [-0.05, 0) is 48.3 Å². The average molecular weight is 250 g/mol. The third-order valence-electron chi connectivity index (χ3n) is 4.07. The minimum Gasteiger partial charge on any atom is -0.351 e. The highest BCUT2D eigenvalue weighted by Gasteiger charge is 2.27. The molecule has 1 unspecified atom stereocenters. The van der Waals surface area contributed by atoms with Gasteiger partial charge in [0, 0.05) is 24.5 Å². The second-order valence-corrected chi connectivity index (χ2v) is 5.56. The first-order chi connectivity index (χ1) is 9.38. The third kappa shape index (κ3) is 2.21. The van der Waals surface area contributed by atoms with Gasteiger partial charge in [-0.3, -0.25) is 0 Å². The summed E-state index contributed by atoms with van der Waals surface area (Å²) in [4.78, 5) is 8.37. The summed E-state index contributed by atoms with van der Waals surface area (Å²) in [6, 6.07) is 10.3. The molecule has 1 aromatic carbocycles. The van der Waals surface area contributed by atoms with Gasteiger partial charge in [0.1, 0.15) is 0 Å². The van der Waals surface area contributed by atoms with Gasteiger partial charge in [0.2, 0.25) is 5.95 Å². The van der Waals surface area contributed by atoms with E-state index in [1.807, 2.05) is 0 Å². The van der Waals surface area contributed by atoms with Crippen molar-refractivity contribution in [2.45, 2.75) is 37.6 Å². The summed E-state index contributed by atoms with van der Waals surface area (Å²) < 4.78 is 0. The summed E-state index contributed by atoms with van der Waals surface area (Å²) in [6.45, 7) is 0. The van der Waals surface area contributed by atoms with Crippen molar-refractivity contribution < 1.29 is 0 Å². The molecule has 95 valence electrons. The zero-order valence-corrected chi connectivity index (χ0v) is 10.8. The molecule has 1 saturated carbocycles. The van der Waals surface area contributed by atoms with Crippen molar-refractivity contribution in [2.75, 3.05) is 5.32 Å². The lowest BCUT2D eigenvalue weighted by Crippen LogP contribution is -2.20. The van der Waals surface area contributed by atoms with E-state index in [0.29, 0.717) is 12.0 Å². The van der Waals surface area contributed by atoms with Gasteiger partial charge in [0.15, 0.2) is 0 Å². The van der Waals surface area contributed by atoms with Crippen LogP contribution in [-0.2, 0) is 12.8 Å². The van der Waals surface area contributed by atoms with E-state index in [0.717, 1.165) is 18.8 Å². The Morgan fingerprint density at radius 3 is 2.63 bits per heavy atom. The molecule has 3 nitrogen and oxygen atoms in total. The Bertz CT molecular complexity index is 590. The molecule has 0 aliphatic heterocycles. The Labute approximate surface area is 113 Å². The molecule has 1 aromatic heterocycles. The zero-order chi connectivity index (χ0) is 12.7. The summed E-state index contributed by atoms with van der Waals surface area (Å²) >= 11 is 0. The second kappa shape index (κ2) is 4.34. The van der Waals surface area contributed by atoms with Crippen molar-refractivity contribution >= 4 is 5.95 Å². The number of aromatic nitrogens is 2. The molecule has 1 atom stereocenters. The van der Waals surface area contributed by atoms with Crippen LogP contribution < -0.4 is 5.32 Å².